The largest absolute Gasteiger partial charge is 0.458 e. The van der Waals surface area contributed by atoms with E-state index in [1.165, 1.54) is 5.57 Å². The molecular formula is C21H26O3. The molecule has 4 aliphatic rings. The molecule has 0 amide bonds. The minimum atomic E-state index is -0.422. The Morgan fingerprint density at radius 2 is 1.83 bits per heavy atom. The van der Waals surface area contributed by atoms with E-state index in [1.54, 1.807) is 12.2 Å². The second-order valence-corrected chi connectivity index (χ2v) is 9.02. The van der Waals surface area contributed by atoms with Gasteiger partial charge in [-0.15, -0.1) is 0 Å². The predicted octanol–water partition coefficient (Wildman–Crippen LogP) is 4.00. The van der Waals surface area contributed by atoms with Crippen molar-refractivity contribution < 1.29 is 14.3 Å². The summed E-state index contributed by atoms with van der Waals surface area (Å²) in [6.45, 7) is 10.8. The molecule has 0 saturated heterocycles. The van der Waals surface area contributed by atoms with E-state index >= 15 is 0 Å². The Bertz CT molecular complexity index is 738. The number of esters is 1. The lowest BCUT2D eigenvalue weighted by Gasteiger charge is -2.64. The van der Waals surface area contributed by atoms with E-state index in [2.05, 4.69) is 46.8 Å². The standard InChI is InChI=1S/C21H26O3/c1-12-6-7-14-20(4)9-8-16(22)19(2,3)15(20)11-17-21(14,5)13(12)10-18(23)24-17/h6,8-10,14-15,17H,7,11H2,1-5H3. The zero-order valence-corrected chi connectivity index (χ0v) is 15.2. The first kappa shape index (κ1) is 15.9. The summed E-state index contributed by atoms with van der Waals surface area (Å²) in [6.07, 6.45) is 9.48. The molecule has 1 aliphatic heterocycles. The second-order valence-electron chi connectivity index (χ2n) is 9.02. The van der Waals surface area contributed by atoms with Gasteiger partial charge in [0.2, 0.25) is 0 Å². The first-order valence-corrected chi connectivity index (χ1v) is 8.95. The van der Waals surface area contributed by atoms with Crippen LogP contribution in [0, 0.1) is 28.1 Å². The van der Waals surface area contributed by atoms with Gasteiger partial charge in [-0.25, -0.2) is 4.79 Å². The Morgan fingerprint density at radius 3 is 2.54 bits per heavy atom. The fourth-order valence-corrected chi connectivity index (χ4v) is 6.19. The van der Waals surface area contributed by atoms with E-state index in [0.717, 1.165) is 18.4 Å². The molecule has 0 N–H and O–H groups in total. The number of allylic oxidation sites excluding steroid dienone is 4. The van der Waals surface area contributed by atoms with Crippen molar-refractivity contribution in [2.75, 3.05) is 0 Å². The van der Waals surface area contributed by atoms with Crippen LogP contribution in [0.25, 0.3) is 0 Å². The van der Waals surface area contributed by atoms with Crippen LogP contribution in [-0.4, -0.2) is 17.9 Å². The smallest absolute Gasteiger partial charge is 0.331 e. The van der Waals surface area contributed by atoms with E-state index in [-0.39, 0.29) is 34.6 Å². The molecule has 0 aromatic heterocycles. The zero-order chi connectivity index (χ0) is 17.5. The third-order valence-corrected chi connectivity index (χ3v) is 7.63. The molecule has 3 aliphatic carbocycles. The molecule has 3 heteroatoms. The van der Waals surface area contributed by atoms with Crippen molar-refractivity contribution in [2.45, 2.75) is 53.6 Å². The summed E-state index contributed by atoms with van der Waals surface area (Å²) < 4.78 is 5.82. The van der Waals surface area contributed by atoms with Gasteiger partial charge in [0.1, 0.15) is 6.10 Å². The van der Waals surface area contributed by atoms with Crippen molar-refractivity contribution in [3.63, 3.8) is 0 Å². The Labute approximate surface area is 143 Å². The fraction of sp³-hybridized carbons (Fsp3) is 0.619. The predicted molar refractivity (Wildman–Crippen MR) is 92.1 cm³/mol. The Hall–Kier alpha value is -1.64. The molecular weight excluding hydrogens is 300 g/mol. The highest BCUT2D eigenvalue weighted by molar-refractivity contribution is 5.96. The maximum atomic E-state index is 12.5. The van der Waals surface area contributed by atoms with Gasteiger partial charge in [0.15, 0.2) is 5.78 Å². The van der Waals surface area contributed by atoms with Crippen molar-refractivity contribution in [2.24, 2.45) is 28.1 Å². The van der Waals surface area contributed by atoms with Crippen molar-refractivity contribution in [1.82, 2.24) is 0 Å². The van der Waals surface area contributed by atoms with E-state index in [0.29, 0.717) is 5.92 Å². The zero-order valence-electron chi connectivity index (χ0n) is 15.2. The van der Waals surface area contributed by atoms with Crippen molar-refractivity contribution in [1.29, 1.82) is 0 Å². The quantitative estimate of drug-likeness (QED) is 0.632. The SMILES string of the molecule is CC1=CCC2C3(C)C=CC(=O)C(C)(C)C3CC3OC(=O)C=C1C32C. The van der Waals surface area contributed by atoms with E-state index in [1.807, 2.05) is 0 Å². The van der Waals surface area contributed by atoms with Gasteiger partial charge in [-0.05, 0) is 48.7 Å². The number of ether oxygens (including phenoxy) is 1. The van der Waals surface area contributed by atoms with Crippen molar-refractivity contribution >= 4 is 11.8 Å². The highest BCUT2D eigenvalue weighted by Crippen LogP contribution is 2.67. The fourth-order valence-electron chi connectivity index (χ4n) is 6.19. The monoisotopic (exact) mass is 326 g/mol. The normalized spacial score (nSPS) is 45.6. The Morgan fingerprint density at radius 1 is 1.12 bits per heavy atom. The van der Waals surface area contributed by atoms with E-state index < -0.39 is 5.41 Å². The Balaban J connectivity index is 1.94. The third kappa shape index (κ3) is 1.68. The first-order chi connectivity index (χ1) is 11.1. The number of ketones is 1. The van der Waals surface area contributed by atoms with Crippen LogP contribution in [0.1, 0.15) is 47.5 Å². The summed E-state index contributed by atoms with van der Waals surface area (Å²) in [4.78, 5) is 24.7. The number of hydrogen-bond acceptors (Lipinski definition) is 3. The highest BCUT2D eigenvalue weighted by Gasteiger charge is 2.65. The summed E-state index contributed by atoms with van der Waals surface area (Å²) >= 11 is 0. The van der Waals surface area contributed by atoms with Crippen LogP contribution in [0.5, 0.6) is 0 Å². The summed E-state index contributed by atoms with van der Waals surface area (Å²) in [5.41, 5.74) is 1.69. The van der Waals surface area contributed by atoms with Gasteiger partial charge in [-0.3, -0.25) is 4.79 Å². The molecule has 1 heterocycles. The van der Waals surface area contributed by atoms with Gasteiger partial charge in [-0.1, -0.05) is 45.4 Å². The van der Waals surface area contributed by atoms with Gasteiger partial charge in [0, 0.05) is 16.9 Å². The molecule has 0 radical (unpaired) electrons. The van der Waals surface area contributed by atoms with Crippen LogP contribution in [0.15, 0.2) is 35.5 Å². The molecule has 4 rings (SSSR count). The van der Waals surface area contributed by atoms with Crippen LogP contribution in [-0.2, 0) is 14.3 Å². The van der Waals surface area contributed by atoms with Gasteiger partial charge >= 0.3 is 5.97 Å². The number of carbonyl (C=O) groups is 2. The second kappa shape index (κ2) is 4.50. The third-order valence-electron chi connectivity index (χ3n) is 7.63. The minimum absolute atomic E-state index is 0.0668. The van der Waals surface area contributed by atoms with Gasteiger partial charge in [0.25, 0.3) is 0 Å². The molecule has 1 saturated carbocycles. The average Bonchev–Trinajstić information content (AvgIpc) is 2.49. The molecule has 0 aromatic rings. The lowest BCUT2D eigenvalue weighted by molar-refractivity contribution is -0.180. The lowest BCUT2D eigenvalue weighted by atomic mass is 9.41. The van der Waals surface area contributed by atoms with Crippen molar-refractivity contribution in [3.8, 4) is 0 Å². The molecule has 24 heavy (non-hydrogen) atoms. The highest BCUT2D eigenvalue weighted by atomic mass is 16.5. The van der Waals surface area contributed by atoms with E-state index in [9.17, 15) is 9.59 Å². The molecule has 5 unspecified atom stereocenters. The van der Waals surface area contributed by atoms with Gasteiger partial charge in [-0.2, -0.15) is 0 Å². The average molecular weight is 326 g/mol. The summed E-state index contributed by atoms with van der Waals surface area (Å²) in [6, 6.07) is 0. The number of fused-ring (bicyclic) bond motifs is 2. The number of hydrogen-bond donors (Lipinski definition) is 0. The molecule has 128 valence electrons. The summed E-state index contributed by atoms with van der Waals surface area (Å²) in [7, 11) is 0. The van der Waals surface area contributed by atoms with Crippen LogP contribution in [0.4, 0.5) is 0 Å². The van der Waals surface area contributed by atoms with Gasteiger partial charge < -0.3 is 4.74 Å². The van der Waals surface area contributed by atoms with Crippen LogP contribution in [0.2, 0.25) is 0 Å². The van der Waals surface area contributed by atoms with Crippen LogP contribution >= 0.6 is 0 Å². The number of rotatable bonds is 0. The van der Waals surface area contributed by atoms with Crippen LogP contribution in [0.3, 0.4) is 0 Å². The molecule has 5 atom stereocenters. The molecule has 0 spiro atoms. The molecule has 0 bridgehead atoms. The summed E-state index contributed by atoms with van der Waals surface area (Å²) in [5, 5.41) is 0. The number of carbonyl (C=O) groups excluding carboxylic acids is 2. The summed E-state index contributed by atoms with van der Waals surface area (Å²) in [5.74, 6) is 0.471. The lowest BCUT2D eigenvalue weighted by Crippen LogP contribution is -2.63. The first-order valence-electron chi connectivity index (χ1n) is 8.95. The van der Waals surface area contributed by atoms with Crippen LogP contribution < -0.4 is 0 Å². The molecule has 0 aromatic carbocycles. The Kier molecular flexibility index (Phi) is 2.97. The molecule has 1 fully saturated rings. The van der Waals surface area contributed by atoms with Crippen molar-refractivity contribution in [3.05, 3.63) is 35.5 Å². The topological polar surface area (TPSA) is 43.4 Å². The maximum absolute atomic E-state index is 12.5. The maximum Gasteiger partial charge on any atom is 0.331 e. The molecule has 3 nitrogen and oxygen atoms in total. The van der Waals surface area contributed by atoms with Gasteiger partial charge in [0.05, 0.1) is 0 Å². The van der Waals surface area contributed by atoms with E-state index in [4.69, 9.17) is 4.74 Å². The minimum Gasteiger partial charge on any atom is -0.458 e.